The Kier molecular flexibility index (Phi) is 6.93. The van der Waals surface area contributed by atoms with Crippen LogP contribution >= 0.6 is 0 Å². The smallest absolute Gasteiger partial charge is 0.224 e. The van der Waals surface area contributed by atoms with Gasteiger partial charge in [-0.3, -0.25) is 4.79 Å². The van der Waals surface area contributed by atoms with Crippen LogP contribution in [0.2, 0.25) is 0 Å². The van der Waals surface area contributed by atoms with E-state index in [9.17, 15) is 4.79 Å². The molecule has 1 atom stereocenters. The van der Waals surface area contributed by atoms with Gasteiger partial charge in [0.25, 0.3) is 0 Å². The molecule has 0 bridgehead atoms. The number of carbonyl (C=O) groups excluding carboxylic acids is 1. The standard InChI is InChI=1S/C23H30N2O3/c1-17(18-7-5-4-6-8-18)24-23(26)19-11-13-25(14-12-19)16-20-15-21(27-2)9-10-22(20)28-3/h4-10,15,17,19H,11-14,16H2,1-3H3,(H,24,26)/p+1/t17-/m1/s1. The molecule has 5 heteroatoms. The second kappa shape index (κ2) is 9.60. The molecule has 1 amide bonds. The summed E-state index contributed by atoms with van der Waals surface area (Å²) in [5.41, 5.74) is 2.29. The molecule has 0 spiro atoms. The first-order valence-electron chi connectivity index (χ1n) is 10.0. The van der Waals surface area contributed by atoms with Gasteiger partial charge in [-0.1, -0.05) is 30.3 Å². The Morgan fingerprint density at radius 3 is 2.46 bits per heavy atom. The maximum Gasteiger partial charge on any atom is 0.224 e. The number of nitrogens with one attached hydrogen (secondary N) is 2. The first kappa shape index (κ1) is 20.2. The summed E-state index contributed by atoms with van der Waals surface area (Å²) < 4.78 is 10.8. The van der Waals surface area contributed by atoms with Crippen LogP contribution in [0.1, 0.15) is 36.9 Å². The van der Waals surface area contributed by atoms with Crippen molar-refractivity contribution in [2.75, 3.05) is 27.3 Å². The summed E-state index contributed by atoms with van der Waals surface area (Å²) in [6.07, 6.45) is 1.82. The highest BCUT2D eigenvalue weighted by atomic mass is 16.5. The van der Waals surface area contributed by atoms with Crippen molar-refractivity contribution in [1.82, 2.24) is 5.32 Å². The summed E-state index contributed by atoms with van der Waals surface area (Å²) >= 11 is 0. The van der Waals surface area contributed by atoms with Gasteiger partial charge in [0.2, 0.25) is 5.91 Å². The van der Waals surface area contributed by atoms with Gasteiger partial charge in [0.05, 0.1) is 38.9 Å². The zero-order valence-corrected chi connectivity index (χ0v) is 17.0. The summed E-state index contributed by atoms with van der Waals surface area (Å²) in [7, 11) is 3.38. The molecule has 0 unspecified atom stereocenters. The molecule has 1 saturated heterocycles. The van der Waals surface area contributed by atoms with Gasteiger partial charge >= 0.3 is 0 Å². The molecule has 1 aliphatic rings. The molecule has 0 aromatic heterocycles. The molecule has 5 nitrogen and oxygen atoms in total. The van der Waals surface area contributed by atoms with Crippen LogP contribution in [-0.2, 0) is 11.3 Å². The van der Waals surface area contributed by atoms with Crippen molar-refractivity contribution in [3.63, 3.8) is 0 Å². The first-order valence-corrected chi connectivity index (χ1v) is 10.0. The number of methoxy groups -OCH3 is 2. The molecule has 2 N–H and O–H groups in total. The summed E-state index contributed by atoms with van der Waals surface area (Å²) in [6.45, 7) is 4.90. The van der Waals surface area contributed by atoms with Gasteiger partial charge in [0.15, 0.2) is 0 Å². The molecule has 28 heavy (non-hydrogen) atoms. The predicted octanol–water partition coefficient (Wildman–Crippen LogP) is 2.38. The quantitative estimate of drug-likeness (QED) is 0.772. The van der Waals surface area contributed by atoms with Gasteiger partial charge in [0, 0.05) is 18.8 Å². The number of rotatable bonds is 7. The highest BCUT2D eigenvalue weighted by Crippen LogP contribution is 2.23. The van der Waals surface area contributed by atoms with Crippen molar-refractivity contribution in [1.29, 1.82) is 0 Å². The van der Waals surface area contributed by atoms with E-state index in [1.54, 1.807) is 14.2 Å². The maximum absolute atomic E-state index is 12.7. The summed E-state index contributed by atoms with van der Waals surface area (Å²) in [4.78, 5) is 14.2. The van der Waals surface area contributed by atoms with Crippen molar-refractivity contribution in [2.24, 2.45) is 5.92 Å². The number of amides is 1. The topological polar surface area (TPSA) is 52.0 Å². The second-order valence-electron chi connectivity index (χ2n) is 7.52. The van der Waals surface area contributed by atoms with Crippen LogP contribution in [0, 0.1) is 5.92 Å². The van der Waals surface area contributed by atoms with Crippen molar-refractivity contribution in [3.8, 4) is 11.5 Å². The third-order valence-electron chi connectivity index (χ3n) is 5.65. The Labute approximate surface area is 167 Å². The Morgan fingerprint density at radius 2 is 1.82 bits per heavy atom. The molecule has 1 heterocycles. The maximum atomic E-state index is 12.7. The van der Waals surface area contributed by atoms with E-state index in [-0.39, 0.29) is 17.9 Å². The van der Waals surface area contributed by atoms with Crippen molar-refractivity contribution in [3.05, 3.63) is 59.7 Å². The lowest BCUT2D eigenvalue weighted by atomic mass is 9.94. The largest absolute Gasteiger partial charge is 0.497 e. The second-order valence-corrected chi connectivity index (χ2v) is 7.52. The van der Waals surface area contributed by atoms with E-state index in [2.05, 4.69) is 17.4 Å². The monoisotopic (exact) mass is 383 g/mol. The number of ether oxygens (including phenoxy) is 2. The molecule has 3 rings (SSSR count). The van der Waals surface area contributed by atoms with Crippen molar-refractivity contribution in [2.45, 2.75) is 32.4 Å². The molecular weight excluding hydrogens is 352 g/mol. The van der Waals surface area contributed by atoms with Crippen LogP contribution in [0.25, 0.3) is 0 Å². The number of hydrogen-bond donors (Lipinski definition) is 2. The number of quaternary nitrogens is 1. The minimum atomic E-state index is 0.0418. The minimum Gasteiger partial charge on any atom is -0.497 e. The van der Waals surface area contributed by atoms with Crippen molar-refractivity contribution >= 4 is 5.91 Å². The molecule has 0 radical (unpaired) electrons. The fourth-order valence-corrected chi connectivity index (χ4v) is 3.91. The van der Waals surface area contributed by atoms with E-state index >= 15 is 0 Å². The molecule has 150 valence electrons. The molecule has 2 aromatic carbocycles. The lowest BCUT2D eigenvalue weighted by Gasteiger charge is -2.30. The van der Waals surface area contributed by atoms with E-state index in [0.717, 1.165) is 55.1 Å². The zero-order valence-electron chi connectivity index (χ0n) is 17.0. The van der Waals surface area contributed by atoms with Crippen LogP contribution in [0.4, 0.5) is 0 Å². The average molecular weight is 384 g/mol. The first-order chi connectivity index (χ1) is 13.6. The van der Waals surface area contributed by atoms with E-state index in [1.165, 1.54) is 4.90 Å². The van der Waals surface area contributed by atoms with Gasteiger partial charge in [-0.15, -0.1) is 0 Å². The lowest BCUT2D eigenvalue weighted by molar-refractivity contribution is -0.919. The van der Waals surface area contributed by atoms with Crippen LogP contribution in [0.3, 0.4) is 0 Å². The molecular formula is C23H31N2O3+. The number of benzene rings is 2. The van der Waals surface area contributed by atoms with Crippen LogP contribution in [-0.4, -0.2) is 33.2 Å². The average Bonchev–Trinajstić information content (AvgIpc) is 2.74. The van der Waals surface area contributed by atoms with Crippen molar-refractivity contribution < 1.29 is 19.2 Å². The fourth-order valence-electron chi connectivity index (χ4n) is 3.91. The number of hydrogen-bond acceptors (Lipinski definition) is 3. The van der Waals surface area contributed by atoms with Gasteiger partial charge in [-0.05, 0) is 30.7 Å². The van der Waals surface area contributed by atoms with Crippen LogP contribution < -0.4 is 19.7 Å². The zero-order chi connectivity index (χ0) is 19.9. The van der Waals surface area contributed by atoms with E-state index in [4.69, 9.17) is 9.47 Å². The number of likely N-dealkylation sites (tertiary alicyclic amines) is 1. The van der Waals surface area contributed by atoms with E-state index in [0.29, 0.717) is 0 Å². The summed E-state index contributed by atoms with van der Waals surface area (Å²) in [5.74, 6) is 2.01. The molecule has 2 aromatic rings. The van der Waals surface area contributed by atoms with Gasteiger partial charge < -0.3 is 19.7 Å². The van der Waals surface area contributed by atoms with Gasteiger partial charge in [-0.25, -0.2) is 0 Å². The summed E-state index contributed by atoms with van der Waals surface area (Å²) in [5, 5.41) is 3.18. The molecule has 1 fully saturated rings. The Hall–Kier alpha value is -2.53. The van der Waals surface area contributed by atoms with Gasteiger partial charge in [-0.2, -0.15) is 0 Å². The normalized spacial score (nSPS) is 20.2. The molecule has 0 saturated carbocycles. The Balaban J connectivity index is 1.52. The van der Waals surface area contributed by atoms with E-state index in [1.807, 2.05) is 43.3 Å². The minimum absolute atomic E-state index is 0.0418. The highest BCUT2D eigenvalue weighted by molar-refractivity contribution is 5.79. The highest BCUT2D eigenvalue weighted by Gasteiger charge is 2.28. The Bertz CT molecular complexity index is 771. The summed E-state index contributed by atoms with van der Waals surface area (Å²) in [6, 6.07) is 16.1. The third-order valence-corrected chi connectivity index (χ3v) is 5.65. The number of piperidine rings is 1. The van der Waals surface area contributed by atoms with Crippen LogP contribution in [0.5, 0.6) is 11.5 Å². The van der Waals surface area contributed by atoms with Gasteiger partial charge in [0.1, 0.15) is 18.0 Å². The Morgan fingerprint density at radius 1 is 1.11 bits per heavy atom. The molecule has 0 aliphatic carbocycles. The lowest BCUT2D eigenvalue weighted by Crippen LogP contribution is -3.11. The predicted molar refractivity (Wildman–Crippen MR) is 110 cm³/mol. The SMILES string of the molecule is COc1ccc(OC)c(C[NH+]2CCC(C(=O)N[C@H](C)c3ccccc3)CC2)c1. The number of carbonyl (C=O) groups is 1. The molecule has 1 aliphatic heterocycles. The van der Waals surface area contributed by atoms with Crippen LogP contribution in [0.15, 0.2) is 48.5 Å². The fraction of sp³-hybridized carbons (Fsp3) is 0.435. The third kappa shape index (κ3) is 5.04. The van der Waals surface area contributed by atoms with E-state index < -0.39 is 0 Å².